The summed E-state index contributed by atoms with van der Waals surface area (Å²) >= 11 is 0. The first-order valence-corrected chi connectivity index (χ1v) is 7.21. The summed E-state index contributed by atoms with van der Waals surface area (Å²) in [6, 6.07) is -1.54. The van der Waals surface area contributed by atoms with E-state index in [1.54, 1.807) is 12.2 Å². The van der Waals surface area contributed by atoms with Crippen molar-refractivity contribution in [3.63, 3.8) is 0 Å². The zero-order valence-corrected chi connectivity index (χ0v) is 12.3. The van der Waals surface area contributed by atoms with E-state index in [1.165, 1.54) is 0 Å². The van der Waals surface area contributed by atoms with E-state index < -0.39 is 36.8 Å². The van der Waals surface area contributed by atoms with Crippen LogP contribution in [0.25, 0.3) is 0 Å². The van der Waals surface area contributed by atoms with Gasteiger partial charge in [0.25, 0.3) is 0 Å². The topological polar surface area (TPSA) is 104 Å². The molecule has 0 radical (unpaired) electrons. The number of nitrogens with two attached hydrogens (primary N) is 1. The summed E-state index contributed by atoms with van der Waals surface area (Å²) < 4.78 is 35.6. The van der Waals surface area contributed by atoms with Gasteiger partial charge in [0.2, 0.25) is 0 Å². The molecule has 0 fully saturated rings. The molecule has 0 spiro atoms. The molecule has 0 aliphatic carbocycles. The molecule has 22 heavy (non-hydrogen) atoms. The van der Waals surface area contributed by atoms with Crippen LogP contribution in [-0.4, -0.2) is 45.7 Å². The second kappa shape index (κ2) is 10.6. The maximum Gasteiger partial charge on any atom is 0.389 e. The van der Waals surface area contributed by atoms with Crippen LogP contribution in [0.3, 0.4) is 0 Å². The Labute approximate surface area is 127 Å². The summed E-state index contributed by atoms with van der Waals surface area (Å²) in [5.41, 5.74) is 5.18. The number of rotatable bonds is 11. The van der Waals surface area contributed by atoms with Gasteiger partial charge in [0, 0.05) is 6.42 Å². The van der Waals surface area contributed by atoms with Gasteiger partial charge in [-0.2, -0.15) is 13.2 Å². The first-order chi connectivity index (χ1) is 10.1. The molecule has 8 heteroatoms. The molecule has 3 unspecified atom stereocenters. The molecule has 0 aromatic heterocycles. The van der Waals surface area contributed by atoms with Gasteiger partial charge < -0.3 is 21.1 Å². The molecular weight excluding hydrogens is 303 g/mol. The number of hydrogen-bond acceptors (Lipinski definition) is 4. The SMILES string of the molecule is NC(C(=O)O)C(O)C(O)CC=CCCCCCCC(F)(F)F. The number of carboxylic acid groups (broad SMARTS) is 1. The Hall–Kier alpha value is -1.12. The lowest BCUT2D eigenvalue weighted by molar-refractivity contribution is -0.143. The van der Waals surface area contributed by atoms with Crippen molar-refractivity contribution in [2.24, 2.45) is 5.73 Å². The second-order valence-corrected chi connectivity index (χ2v) is 5.20. The number of halogens is 3. The number of hydrogen-bond donors (Lipinski definition) is 4. The highest BCUT2D eigenvalue weighted by molar-refractivity contribution is 5.74. The largest absolute Gasteiger partial charge is 0.480 e. The molecule has 0 amide bonds. The fourth-order valence-electron chi connectivity index (χ4n) is 1.82. The molecule has 0 saturated carbocycles. The van der Waals surface area contributed by atoms with Crippen LogP contribution in [0.15, 0.2) is 12.2 Å². The van der Waals surface area contributed by atoms with Gasteiger partial charge in [0.1, 0.15) is 12.1 Å². The van der Waals surface area contributed by atoms with Crippen LogP contribution in [0.2, 0.25) is 0 Å². The van der Waals surface area contributed by atoms with Crippen molar-refractivity contribution in [3.05, 3.63) is 12.2 Å². The lowest BCUT2D eigenvalue weighted by atomic mass is 10.0. The van der Waals surface area contributed by atoms with Gasteiger partial charge in [-0.05, 0) is 25.7 Å². The van der Waals surface area contributed by atoms with Crippen molar-refractivity contribution in [2.45, 2.75) is 69.4 Å². The molecule has 0 saturated heterocycles. The van der Waals surface area contributed by atoms with Gasteiger partial charge in [-0.3, -0.25) is 4.79 Å². The van der Waals surface area contributed by atoms with E-state index >= 15 is 0 Å². The van der Waals surface area contributed by atoms with Gasteiger partial charge in [-0.1, -0.05) is 25.0 Å². The van der Waals surface area contributed by atoms with Crippen molar-refractivity contribution in [2.75, 3.05) is 0 Å². The van der Waals surface area contributed by atoms with Crippen LogP contribution in [0.1, 0.15) is 44.9 Å². The smallest absolute Gasteiger partial charge is 0.389 e. The summed E-state index contributed by atoms with van der Waals surface area (Å²) in [5.74, 6) is -1.39. The summed E-state index contributed by atoms with van der Waals surface area (Å²) in [5, 5.41) is 27.6. The highest BCUT2D eigenvalue weighted by atomic mass is 19.4. The molecule has 0 aliphatic rings. The van der Waals surface area contributed by atoms with Gasteiger partial charge in [-0.25, -0.2) is 0 Å². The maximum absolute atomic E-state index is 11.9. The molecule has 5 N–H and O–H groups in total. The Kier molecular flexibility index (Phi) is 10.0. The van der Waals surface area contributed by atoms with E-state index in [4.69, 9.17) is 10.8 Å². The van der Waals surface area contributed by atoms with E-state index in [-0.39, 0.29) is 12.8 Å². The molecular formula is C14H24F3NO4. The maximum atomic E-state index is 11.9. The van der Waals surface area contributed by atoms with Crippen LogP contribution in [0, 0.1) is 0 Å². The zero-order chi connectivity index (χ0) is 17.2. The van der Waals surface area contributed by atoms with Crippen LogP contribution in [0.5, 0.6) is 0 Å². The van der Waals surface area contributed by atoms with Crippen LogP contribution >= 0.6 is 0 Å². The van der Waals surface area contributed by atoms with Crippen molar-refractivity contribution in [1.29, 1.82) is 0 Å². The molecule has 0 bridgehead atoms. The van der Waals surface area contributed by atoms with Crippen molar-refractivity contribution in [1.82, 2.24) is 0 Å². The van der Waals surface area contributed by atoms with Crippen molar-refractivity contribution in [3.8, 4) is 0 Å². The Morgan fingerprint density at radius 1 is 1.09 bits per heavy atom. The van der Waals surface area contributed by atoms with Crippen molar-refractivity contribution >= 4 is 5.97 Å². The normalized spacial score (nSPS) is 16.6. The molecule has 0 aromatic rings. The van der Waals surface area contributed by atoms with E-state index in [0.717, 1.165) is 6.42 Å². The molecule has 0 rings (SSSR count). The zero-order valence-electron chi connectivity index (χ0n) is 12.3. The summed E-state index contributed by atoms with van der Waals surface area (Å²) in [7, 11) is 0. The Balaban J connectivity index is 3.68. The van der Waals surface area contributed by atoms with Crippen LogP contribution in [-0.2, 0) is 4.79 Å². The number of carbonyl (C=O) groups is 1. The van der Waals surface area contributed by atoms with E-state index in [0.29, 0.717) is 19.3 Å². The predicted octanol–water partition coefficient (Wildman–Crippen LogP) is 1.97. The summed E-state index contributed by atoms with van der Waals surface area (Å²) in [4.78, 5) is 10.5. The monoisotopic (exact) mass is 327 g/mol. The third kappa shape index (κ3) is 10.6. The fraction of sp³-hybridized carbons (Fsp3) is 0.786. The number of aliphatic hydroxyl groups is 2. The Morgan fingerprint density at radius 2 is 1.68 bits per heavy atom. The molecule has 3 atom stereocenters. The highest BCUT2D eigenvalue weighted by Gasteiger charge is 2.27. The third-order valence-corrected chi connectivity index (χ3v) is 3.17. The molecule has 0 heterocycles. The molecule has 0 aliphatic heterocycles. The average Bonchev–Trinajstić information content (AvgIpc) is 2.42. The predicted molar refractivity (Wildman–Crippen MR) is 75.1 cm³/mol. The van der Waals surface area contributed by atoms with E-state index in [9.17, 15) is 28.2 Å². The van der Waals surface area contributed by atoms with Crippen LogP contribution < -0.4 is 5.73 Å². The minimum atomic E-state index is -4.09. The number of unbranched alkanes of at least 4 members (excludes halogenated alkanes) is 4. The number of aliphatic carboxylic acids is 1. The van der Waals surface area contributed by atoms with E-state index in [1.807, 2.05) is 0 Å². The second-order valence-electron chi connectivity index (χ2n) is 5.20. The van der Waals surface area contributed by atoms with Gasteiger partial charge >= 0.3 is 12.1 Å². The van der Waals surface area contributed by atoms with Gasteiger partial charge in [-0.15, -0.1) is 0 Å². The number of alkyl halides is 3. The molecule has 0 aromatic carbocycles. The lowest BCUT2D eigenvalue weighted by Gasteiger charge is -2.19. The fourth-order valence-corrected chi connectivity index (χ4v) is 1.82. The summed E-state index contributed by atoms with van der Waals surface area (Å²) in [6.07, 6.45) is -1.53. The van der Waals surface area contributed by atoms with E-state index in [2.05, 4.69) is 0 Å². The molecule has 130 valence electrons. The summed E-state index contributed by atoms with van der Waals surface area (Å²) in [6.45, 7) is 0. The van der Waals surface area contributed by atoms with Gasteiger partial charge in [0.15, 0.2) is 0 Å². The first-order valence-electron chi connectivity index (χ1n) is 7.21. The Bertz CT molecular complexity index is 347. The minimum Gasteiger partial charge on any atom is -0.480 e. The first kappa shape index (κ1) is 20.9. The number of aliphatic hydroxyl groups excluding tert-OH is 2. The van der Waals surface area contributed by atoms with Crippen LogP contribution in [0.4, 0.5) is 13.2 Å². The number of carboxylic acids is 1. The minimum absolute atomic E-state index is 0.0657. The standard InChI is InChI=1S/C14H24F3NO4/c15-14(16,17)9-7-5-3-1-2-4-6-8-10(19)12(20)11(18)13(21)22/h4,6,10-12,19-20H,1-3,5,7-9,18H2,(H,21,22). The lowest BCUT2D eigenvalue weighted by Crippen LogP contribution is -2.47. The van der Waals surface area contributed by atoms with Crippen molar-refractivity contribution < 1.29 is 33.3 Å². The average molecular weight is 327 g/mol. The Morgan fingerprint density at radius 3 is 2.23 bits per heavy atom. The van der Waals surface area contributed by atoms with Gasteiger partial charge in [0.05, 0.1) is 6.10 Å². The quantitative estimate of drug-likeness (QED) is 0.343. The third-order valence-electron chi connectivity index (χ3n) is 3.17. The number of allylic oxidation sites excluding steroid dienone is 1. The molecule has 5 nitrogen and oxygen atoms in total. The highest BCUT2D eigenvalue weighted by Crippen LogP contribution is 2.23.